The van der Waals surface area contributed by atoms with Gasteiger partial charge in [-0.3, -0.25) is 9.59 Å². The molecule has 1 heterocycles. The van der Waals surface area contributed by atoms with Gasteiger partial charge in [0, 0.05) is 19.2 Å². The van der Waals surface area contributed by atoms with Gasteiger partial charge in [-0.25, -0.2) is 9.18 Å². The average molecular weight is 334 g/mol. The predicted molar refractivity (Wildman–Crippen MR) is 84.9 cm³/mol. The number of hydrogen-bond donors (Lipinski definition) is 1. The van der Waals surface area contributed by atoms with Gasteiger partial charge in [0.05, 0.1) is 5.92 Å². The van der Waals surface area contributed by atoms with Crippen LogP contribution in [0.5, 0.6) is 0 Å². The average Bonchev–Trinajstić information content (AvgIpc) is 2.59. The Morgan fingerprint density at radius 3 is 2.67 bits per heavy atom. The van der Waals surface area contributed by atoms with Crippen molar-refractivity contribution in [2.24, 2.45) is 11.7 Å². The molecule has 24 heavy (non-hydrogen) atoms. The van der Waals surface area contributed by atoms with E-state index >= 15 is 0 Å². The lowest BCUT2D eigenvalue weighted by molar-refractivity contribution is -0.149. The molecule has 0 radical (unpaired) electrons. The molecule has 0 aromatic heterocycles. The molecule has 2 rings (SSSR count). The first-order valence-electron chi connectivity index (χ1n) is 7.63. The normalized spacial score (nSPS) is 17.7. The number of amides is 2. The molecule has 7 heteroatoms. The van der Waals surface area contributed by atoms with Crippen molar-refractivity contribution in [2.45, 2.75) is 12.8 Å². The van der Waals surface area contributed by atoms with E-state index in [-0.39, 0.29) is 24.2 Å². The highest BCUT2D eigenvalue weighted by atomic mass is 19.1. The maximum atomic E-state index is 12.8. The molecular formula is C17H19FN2O4. The minimum Gasteiger partial charge on any atom is -0.452 e. The van der Waals surface area contributed by atoms with Gasteiger partial charge in [-0.2, -0.15) is 0 Å². The Labute approximate surface area is 139 Å². The molecule has 6 nitrogen and oxygen atoms in total. The van der Waals surface area contributed by atoms with Gasteiger partial charge >= 0.3 is 5.97 Å². The Hall–Kier alpha value is -2.70. The van der Waals surface area contributed by atoms with Crippen molar-refractivity contribution in [1.29, 1.82) is 0 Å². The van der Waals surface area contributed by atoms with Crippen LogP contribution in [0.2, 0.25) is 0 Å². The van der Waals surface area contributed by atoms with Gasteiger partial charge in [-0.15, -0.1) is 0 Å². The molecule has 0 saturated carbocycles. The van der Waals surface area contributed by atoms with Crippen LogP contribution in [-0.4, -0.2) is 42.4 Å². The first kappa shape index (κ1) is 17.7. The zero-order valence-electron chi connectivity index (χ0n) is 13.1. The van der Waals surface area contributed by atoms with Gasteiger partial charge in [0.25, 0.3) is 5.91 Å². The van der Waals surface area contributed by atoms with Crippen LogP contribution in [0.15, 0.2) is 30.3 Å². The molecule has 1 aliphatic rings. The van der Waals surface area contributed by atoms with Crippen molar-refractivity contribution in [1.82, 2.24) is 4.90 Å². The monoisotopic (exact) mass is 334 g/mol. The van der Waals surface area contributed by atoms with E-state index in [1.54, 1.807) is 0 Å². The molecule has 0 unspecified atom stereocenters. The molecule has 1 aliphatic heterocycles. The SMILES string of the molecule is NC(=O)[C@H]1CCCN(C(=O)COC(=O)/C=C/c2ccc(F)cc2)C1. The predicted octanol–water partition coefficient (Wildman–Crippen LogP) is 1.11. The van der Waals surface area contributed by atoms with E-state index in [9.17, 15) is 18.8 Å². The second kappa shape index (κ2) is 8.24. The van der Waals surface area contributed by atoms with Crippen molar-refractivity contribution in [3.05, 3.63) is 41.7 Å². The number of piperidine rings is 1. The van der Waals surface area contributed by atoms with Crippen LogP contribution in [0.4, 0.5) is 4.39 Å². The third kappa shape index (κ3) is 5.19. The summed E-state index contributed by atoms with van der Waals surface area (Å²) >= 11 is 0. The Morgan fingerprint density at radius 2 is 2.00 bits per heavy atom. The third-order valence-corrected chi connectivity index (χ3v) is 3.80. The summed E-state index contributed by atoms with van der Waals surface area (Å²) in [6, 6.07) is 5.59. The Morgan fingerprint density at radius 1 is 1.29 bits per heavy atom. The maximum Gasteiger partial charge on any atom is 0.331 e. The van der Waals surface area contributed by atoms with Crippen LogP contribution in [0, 0.1) is 11.7 Å². The number of nitrogens with two attached hydrogens (primary N) is 1. The van der Waals surface area contributed by atoms with Gasteiger partial charge in [0.2, 0.25) is 5.91 Å². The van der Waals surface area contributed by atoms with Crippen LogP contribution >= 0.6 is 0 Å². The minimum atomic E-state index is -0.670. The molecule has 0 spiro atoms. The van der Waals surface area contributed by atoms with Gasteiger partial charge in [-0.1, -0.05) is 12.1 Å². The molecule has 1 atom stereocenters. The molecule has 1 saturated heterocycles. The van der Waals surface area contributed by atoms with Crippen LogP contribution in [-0.2, 0) is 19.1 Å². The van der Waals surface area contributed by atoms with Gasteiger partial charge in [-0.05, 0) is 36.6 Å². The Kier molecular flexibility index (Phi) is 6.06. The first-order valence-corrected chi connectivity index (χ1v) is 7.63. The number of primary amides is 1. The highest BCUT2D eigenvalue weighted by Crippen LogP contribution is 2.16. The van der Waals surface area contributed by atoms with E-state index in [0.717, 1.165) is 0 Å². The second-order valence-electron chi connectivity index (χ2n) is 5.57. The smallest absolute Gasteiger partial charge is 0.331 e. The third-order valence-electron chi connectivity index (χ3n) is 3.80. The standard InChI is InChI=1S/C17H19FN2O4/c18-14-6-3-12(4-7-14)5-8-16(22)24-11-15(21)20-9-1-2-13(10-20)17(19)23/h3-8,13H,1-2,9-11H2,(H2,19,23)/b8-5+/t13-/m0/s1. The summed E-state index contributed by atoms with van der Waals surface area (Å²) in [6.45, 7) is 0.390. The summed E-state index contributed by atoms with van der Waals surface area (Å²) in [6.07, 6.45) is 4.00. The number of nitrogens with zero attached hydrogens (tertiary/aromatic N) is 1. The molecule has 0 bridgehead atoms. The number of rotatable bonds is 5. The summed E-state index contributed by atoms with van der Waals surface area (Å²) in [7, 11) is 0. The van der Waals surface area contributed by atoms with E-state index in [0.29, 0.717) is 24.9 Å². The van der Waals surface area contributed by atoms with Crippen LogP contribution in [0.25, 0.3) is 6.08 Å². The fourth-order valence-corrected chi connectivity index (χ4v) is 2.45. The zero-order chi connectivity index (χ0) is 17.5. The number of benzene rings is 1. The molecule has 1 fully saturated rings. The lowest BCUT2D eigenvalue weighted by Crippen LogP contribution is -2.45. The number of hydrogen-bond acceptors (Lipinski definition) is 4. The number of ether oxygens (including phenoxy) is 1. The van der Waals surface area contributed by atoms with E-state index < -0.39 is 18.5 Å². The summed E-state index contributed by atoms with van der Waals surface area (Å²) in [4.78, 5) is 36.3. The van der Waals surface area contributed by atoms with Crippen LogP contribution in [0.3, 0.4) is 0 Å². The molecule has 2 amide bonds. The maximum absolute atomic E-state index is 12.8. The highest BCUT2D eigenvalue weighted by molar-refractivity contribution is 5.89. The fraction of sp³-hybridized carbons (Fsp3) is 0.353. The van der Waals surface area contributed by atoms with Crippen molar-refractivity contribution in [2.75, 3.05) is 19.7 Å². The van der Waals surface area contributed by atoms with E-state index in [1.807, 2.05) is 0 Å². The number of esters is 1. The van der Waals surface area contributed by atoms with Gasteiger partial charge in [0.15, 0.2) is 6.61 Å². The van der Waals surface area contributed by atoms with Gasteiger partial charge in [0.1, 0.15) is 5.82 Å². The molecule has 1 aromatic rings. The summed E-state index contributed by atoms with van der Waals surface area (Å²) in [5, 5.41) is 0. The number of carbonyl (C=O) groups is 3. The molecular weight excluding hydrogens is 315 g/mol. The summed E-state index contributed by atoms with van der Waals surface area (Å²) < 4.78 is 17.7. The van der Waals surface area contributed by atoms with E-state index in [1.165, 1.54) is 41.3 Å². The Bertz CT molecular complexity index is 642. The van der Waals surface area contributed by atoms with Crippen molar-refractivity contribution in [3.8, 4) is 0 Å². The number of likely N-dealkylation sites (tertiary alicyclic amines) is 1. The van der Waals surface area contributed by atoms with Crippen molar-refractivity contribution < 1.29 is 23.5 Å². The highest BCUT2D eigenvalue weighted by Gasteiger charge is 2.27. The number of carbonyl (C=O) groups excluding carboxylic acids is 3. The Balaban J connectivity index is 1.79. The second-order valence-corrected chi connectivity index (χ2v) is 5.57. The van der Waals surface area contributed by atoms with E-state index in [4.69, 9.17) is 10.5 Å². The largest absolute Gasteiger partial charge is 0.452 e. The molecule has 2 N–H and O–H groups in total. The van der Waals surface area contributed by atoms with Gasteiger partial charge < -0.3 is 15.4 Å². The lowest BCUT2D eigenvalue weighted by Gasteiger charge is -2.30. The van der Waals surface area contributed by atoms with Crippen LogP contribution < -0.4 is 5.73 Å². The molecule has 1 aromatic carbocycles. The molecule has 128 valence electrons. The topological polar surface area (TPSA) is 89.7 Å². The molecule has 0 aliphatic carbocycles. The van der Waals surface area contributed by atoms with Crippen molar-refractivity contribution >= 4 is 23.9 Å². The summed E-state index contributed by atoms with van der Waals surface area (Å²) in [5.74, 6) is -2.17. The van der Waals surface area contributed by atoms with E-state index in [2.05, 4.69) is 0 Å². The zero-order valence-corrected chi connectivity index (χ0v) is 13.1. The van der Waals surface area contributed by atoms with Crippen LogP contribution in [0.1, 0.15) is 18.4 Å². The number of halogens is 1. The quantitative estimate of drug-likeness (QED) is 0.645. The summed E-state index contributed by atoms with van der Waals surface area (Å²) in [5.41, 5.74) is 5.90. The van der Waals surface area contributed by atoms with Crippen molar-refractivity contribution in [3.63, 3.8) is 0 Å². The fourth-order valence-electron chi connectivity index (χ4n) is 2.45. The minimum absolute atomic E-state index is 0.261. The lowest BCUT2D eigenvalue weighted by atomic mass is 9.97. The first-order chi connectivity index (χ1) is 11.5.